The van der Waals surface area contributed by atoms with Gasteiger partial charge in [-0.05, 0) is 78.6 Å². The van der Waals surface area contributed by atoms with E-state index >= 15 is 0 Å². The van der Waals surface area contributed by atoms with Crippen LogP contribution >= 0.6 is 23.4 Å². The number of nitrogens with zero attached hydrogens (tertiary/aromatic N) is 1. The lowest BCUT2D eigenvalue weighted by atomic mass is 10.1. The van der Waals surface area contributed by atoms with Gasteiger partial charge in [0.05, 0.1) is 16.3 Å². The van der Waals surface area contributed by atoms with Crippen molar-refractivity contribution < 1.29 is 18.0 Å². The molecular formula is C31H28ClN3O4S2. The minimum absolute atomic E-state index is 0.0552. The average Bonchev–Trinajstić information content (AvgIpc) is 3.34. The molecule has 0 radical (unpaired) electrons. The Bertz CT molecular complexity index is 1660. The van der Waals surface area contributed by atoms with Gasteiger partial charge in [-0.1, -0.05) is 60.1 Å². The van der Waals surface area contributed by atoms with E-state index < -0.39 is 10.0 Å². The first kappa shape index (κ1) is 28.7. The second-order valence-electron chi connectivity index (χ2n) is 9.65. The number of aryl methyl sites for hydroxylation is 1. The summed E-state index contributed by atoms with van der Waals surface area (Å²) in [6.45, 7) is 2.41. The molecule has 1 aliphatic heterocycles. The lowest BCUT2D eigenvalue weighted by Gasteiger charge is -2.24. The summed E-state index contributed by atoms with van der Waals surface area (Å²) in [7, 11) is -3.84. The summed E-state index contributed by atoms with van der Waals surface area (Å²) in [5, 5.41) is 3.14. The molecule has 1 aliphatic rings. The fourth-order valence-electron chi connectivity index (χ4n) is 4.49. The average molecular weight is 606 g/mol. The lowest BCUT2D eigenvalue weighted by Crippen LogP contribution is -2.30. The molecule has 0 spiro atoms. The van der Waals surface area contributed by atoms with E-state index in [0.717, 1.165) is 17.5 Å². The number of rotatable bonds is 9. The molecule has 10 heteroatoms. The van der Waals surface area contributed by atoms with Gasteiger partial charge in [0.25, 0.3) is 15.9 Å². The first-order valence-electron chi connectivity index (χ1n) is 12.9. The number of halogens is 1. The summed E-state index contributed by atoms with van der Waals surface area (Å²) >= 11 is 7.59. The van der Waals surface area contributed by atoms with Crippen molar-refractivity contribution in [3.05, 3.63) is 124 Å². The fourth-order valence-corrected chi connectivity index (χ4v) is 7.01. The number of carbonyl (C=O) groups is 2. The normalized spacial score (nSPS) is 15.1. The van der Waals surface area contributed by atoms with Crippen LogP contribution in [0.3, 0.4) is 0 Å². The van der Waals surface area contributed by atoms with Crippen LogP contribution in [0.15, 0.2) is 102 Å². The molecule has 0 bridgehead atoms. The Kier molecular flexibility index (Phi) is 8.68. The Hall–Kier alpha value is -3.79. The van der Waals surface area contributed by atoms with Gasteiger partial charge < -0.3 is 10.2 Å². The predicted octanol–water partition coefficient (Wildman–Crippen LogP) is 6.52. The maximum atomic E-state index is 12.9. The van der Waals surface area contributed by atoms with Gasteiger partial charge in [-0.25, -0.2) is 8.42 Å². The Labute approximate surface area is 249 Å². The smallest absolute Gasteiger partial charge is 0.261 e. The summed E-state index contributed by atoms with van der Waals surface area (Å²) in [6, 6.07) is 28.2. The SMILES string of the molecule is Cc1ccc(Cl)cc1NS(=O)(=O)c1ccc(NC(=O)c2ccc([C@H]3SCC(=O)N3CCc3ccccc3)cc2)cc1. The maximum absolute atomic E-state index is 12.9. The van der Waals surface area contributed by atoms with Gasteiger partial charge in [0.15, 0.2) is 0 Å². The zero-order chi connectivity index (χ0) is 29.0. The van der Waals surface area contributed by atoms with Gasteiger partial charge >= 0.3 is 0 Å². The first-order chi connectivity index (χ1) is 19.7. The van der Waals surface area contributed by atoms with Crippen molar-refractivity contribution in [3.8, 4) is 0 Å². The zero-order valence-corrected chi connectivity index (χ0v) is 24.6. The van der Waals surface area contributed by atoms with E-state index in [1.54, 1.807) is 49.0 Å². The second kappa shape index (κ2) is 12.4. The van der Waals surface area contributed by atoms with Crippen molar-refractivity contribution in [2.75, 3.05) is 22.3 Å². The highest BCUT2D eigenvalue weighted by atomic mass is 35.5. The van der Waals surface area contributed by atoms with Gasteiger partial charge in [-0.3, -0.25) is 14.3 Å². The molecule has 1 saturated heterocycles. The number of carbonyl (C=O) groups excluding carboxylic acids is 2. The molecule has 4 aromatic carbocycles. The standard InChI is InChI=1S/C31H28ClN3O4S2/c1-21-7-12-25(32)19-28(21)34-41(38,39)27-15-13-26(14-16-27)33-30(37)23-8-10-24(11-9-23)31-35(29(36)20-40-31)18-17-22-5-3-2-4-6-22/h2-16,19,31,34H,17-18,20H2,1H3,(H,33,37)/t31-/m1/s1. The van der Waals surface area contributed by atoms with Gasteiger partial charge in [-0.2, -0.15) is 0 Å². The molecule has 7 nitrogen and oxygen atoms in total. The zero-order valence-electron chi connectivity index (χ0n) is 22.2. The van der Waals surface area contributed by atoms with Crippen LogP contribution in [0.2, 0.25) is 5.02 Å². The highest BCUT2D eigenvalue weighted by Gasteiger charge is 2.32. The third-order valence-corrected chi connectivity index (χ3v) is 9.65. The van der Waals surface area contributed by atoms with E-state index in [1.807, 2.05) is 35.2 Å². The van der Waals surface area contributed by atoms with Crippen LogP contribution in [0.25, 0.3) is 0 Å². The van der Waals surface area contributed by atoms with Crippen LogP contribution in [0, 0.1) is 6.92 Å². The van der Waals surface area contributed by atoms with Crippen molar-refractivity contribution in [3.63, 3.8) is 0 Å². The van der Waals surface area contributed by atoms with E-state index in [2.05, 4.69) is 22.2 Å². The van der Waals surface area contributed by atoms with Crippen LogP contribution in [-0.4, -0.2) is 37.4 Å². The molecule has 1 fully saturated rings. The topological polar surface area (TPSA) is 95.6 Å². The Morgan fingerprint density at radius 2 is 1.68 bits per heavy atom. The fraction of sp³-hybridized carbons (Fsp3) is 0.161. The molecule has 41 heavy (non-hydrogen) atoms. The maximum Gasteiger partial charge on any atom is 0.261 e. The molecule has 0 saturated carbocycles. The highest BCUT2D eigenvalue weighted by Crippen LogP contribution is 2.38. The number of anilines is 2. The third-order valence-electron chi connectivity index (χ3n) is 6.78. The van der Waals surface area contributed by atoms with Crippen molar-refractivity contribution in [2.24, 2.45) is 0 Å². The quantitative estimate of drug-likeness (QED) is 0.226. The Morgan fingerprint density at radius 1 is 0.976 bits per heavy atom. The van der Waals surface area contributed by atoms with Gasteiger partial charge in [0.1, 0.15) is 5.37 Å². The molecule has 0 aromatic heterocycles. The van der Waals surface area contributed by atoms with Crippen LogP contribution in [0.5, 0.6) is 0 Å². The summed E-state index contributed by atoms with van der Waals surface area (Å²) < 4.78 is 28.3. The molecule has 0 aliphatic carbocycles. The molecule has 5 rings (SSSR count). The van der Waals surface area contributed by atoms with Crippen molar-refractivity contribution in [2.45, 2.75) is 23.6 Å². The molecule has 4 aromatic rings. The number of hydrogen-bond donors (Lipinski definition) is 2. The van der Waals surface area contributed by atoms with Crippen LogP contribution < -0.4 is 10.0 Å². The van der Waals surface area contributed by atoms with Crippen molar-refractivity contribution >= 4 is 56.6 Å². The molecule has 1 atom stereocenters. The van der Waals surface area contributed by atoms with Crippen molar-refractivity contribution in [1.29, 1.82) is 0 Å². The third kappa shape index (κ3) is 6.93. The predicted molar refractivity (Wildman–Crippen MR) is 165 cm³/mol. The van der Waals surface area contributed by atoms with E-state index in [0.29, 0.717) is 34.3 Å². The van der Waals surface area contributed by atoms with E-state index in [9.17, 15) is 18.0 Å². The molecule has 1 heterocycles. The largest absolute Gasteiger partial charge is 0.326 e. The minimum Gasteiger partial charge on any atom is -0.326 e. The van der Waals surface area contributed by atoms with Crippen molar-refractivity contribution in [1.82, 2.24) is 4.90 Å². The van der Waals surface area contributed by atoms with Gasteiger partial charge in [0.2, 0.25) is 5.91 Å². The lowest BCUT2D eigenvalue weighted by molar-refractivity contribution is -0.128. The summed E-state index contributed by atoms with van der Waals surface area (Å²) in [4.78, 5) is 27.4. The van der Waals surface area contributed by atoms with E-state index in [-0.39, 0.29) is 22.1 Å². The monoisotopic (exact) mass is 605 g/mol. The van der Waals surface area contributed by atoms with Gasteiger partial charge in [-0.15, -0.1) is 11.8 Å². The number of thioether (sulfide) groups is 1. The van der Waals surface area contributed by atoms with E-state index in [4.69, 9.17) is 11.6 Å². The Morgan fingerprint density at radius 3 is 2.39 bits per heavy atom. The van der Waals surface area contributed by atoms with E-state index in [1.165, 1.54) is 29.8 Å². The number of amides is 2. The molecule has 2 amide bonds. The Balaban J connectivity index is 1.21. The summed E-state index contributed by atoms with van der Waals surface area (Å²) in [6.07, 6.45) is 0.778. The first-order valence-corrected chi connectivity index (χ1v) is 15.9. The second-order valence-corrected chi connectivity index (χ2v) is 12.8. The van der Waals surface area contributed by atoms with Gasteiger partial charge in [0, 0.05) is 22.8 Å². The molecular weight excluding hydrogens is 578 g/mol. The van der Waals surface area contributed by atoms with Crippen LogP contribution in [-0.2, 0) is 21.2 Å². The van der Waals surface area contributed by atoms with Crippen LogP contribution in [0.1, 0.15) is 32.4 Å². The number of benzene rings is 4. The highest BCUT2D eigenvalue weighted by molar-refractivity contribution is 8.00. The minimum atomic E-state index is -3.84. The number of sulfonamides is 1. The van der Waals surface area contributed by atoms with Crippen LogP contribution in [0.4, 0.5) is 11.4 Å². The summed E-state index contributed by atoms with van der Waals surface area (Å²) in [5.74, 6) is 0.221. The molecule has 2 N–H and O–H groups in total. The number of nitrogens with one attached hydrogen (secondary N) is 2. The molecule has 210 valence electrons. The summed E-state index contributed by atoms with van der Waals surface area (Å²) in [5.41, 5.74) is 4.20. The number of hydrogen-bond acceptors (Lipinski definition) is 5. The molecule has 0 unspecified atom stereocenters.